The summed E-state index contributed by atoms with van der Waals surface area (Å²) in [6.07, 6.45) is 1.15. The van der Waals surface area contributed by atoms with Crippen molar-refractivity contribution in [3.05, 3.63) is 28.2 Å². The van der Waals surface area contributed by atoms with E-state index in [9.17, 15) is 0 Å². The third-order valence-electron chi connectivity index (χ3n) is 1.60. The van der Waals surface area contributed by atoms with Crippen molar-refractivity contribution in [1.29, 1.82) is 5.26 Å². The van der Waals surface area contributed by atoms with E-state index in [1.54, 1.807) is 18.2 Å². The van der Waals surface area contributed by atoms with Crippen LogP contribution in [0.3, 0.4) is 0 Å². The molecule has 0 spiro atoms. The topological polar surface area (TPSA) is 33.0 Å². The molecule has 0 unspecified atom stereocenters. The van der Waals surface area contributed by atoms with Crippen LogP contribution in [0.4, 0.5) is 0 Å². The average Bonchev–Trinajstić information content (AvgIpc) is 2.16. The standard InChI is InChI=1S/C10H9Cl2NO/c11-8-4-3-5-9(12)10(8)14-7-2-1-6-13/h3-5H,1-2,7H2. The molecule has 4 heteroatoms. The molecule has 0 heterocycles. The summed E-state index contributed by atoms with van der Waals surface area (Å²) in [7, 11) is 0. The molecule has 0 fully saturated rings. The van der Waals surface area contributed by atoms with Crippen molar-refractivity contribution < 1.29 is 4.74 Å². The largest absolute Gasteiger partial charge is 0.490 e. The van der Waals surface area contributed by atoms with E-state index in [4.69, 9.17) is 33.2 Å². The average molecular weight is 230 g/mol. The van der Waals surface area contributed by atoms with Gasteiger partial charge >= 0.3 is 0 Å². The second kappa shape index (κ2) is 5.74. The van der Waals surface area contributed by atoms with Gasteiger partial charge in [0.15, 0.2) is 5.75 Å². The lowest BCUT2D eigenvalue weighted by molar-refractivity contribution is 0.313. The van der Waals surface area contributed by atoms with Crippen molar-refractivity contribution in [2.75, 3.05) is 6.61 Å². The number of halogens is 2. The van der Waals surface area contributed by atoms with Crippen molar-refractivity contribution in [1.82, 2.24) is 0 Å². The van der Waals surface area contributed by atoms with Crippen LogP contribution in [0.15, 0.2) is 18.2 Å². The summed E-state index contributed by atoms with van der Waals surface area (Å²) in [4.78, 5) is 0. The highest BCUT2D eigenvalue weighted by molar-refractivity contribution is 6.37. The van der Waals surface area contributed by atoms with Crippen LogP contribution < -0.4 is 4.74 Å². The number of ether oxygens (including phenoxy) is 1. The summed E-state index contributed by atoms with van der Waals surface area (Å²) in [5.74, 6) is 0.494. The molecule has 0 amide bonds. The molecule has 14 heavy (non-hydrogen) atoms. The van der Waals surface area contributed by atoms with Crippen LogP contribution in [0.25, 0.3) is 0 Å². The summed E-state index contributed by atoms with van der Waals surface area (Å²) in [5.41, 5.74) is 0. The molecule has 74 valence electrons. The first kappa shape index (κ1) is 11.2. The van der Waals surface area contributed by atoms with Gasteiger partial charge in [-0.1, -0.05) is 29.3 Å². The highest BCUT2D eigenvalue weighted by atomic mass is 35.5. The Hall–Kier alpha value is -0.910. The number of hydrogen-bond donors (Lipinski definition) is 0. The fraction of sp³-hybridized carbons (Fsp3) is 0.300. The highest BCUT2D eigenvalue weighted by Gasteiger charge is 2.05. The van der Waals surface area contributed by atoms with E-state index in [-0.39, 0.29) is 0 Å². The van der Waals surface area contributed by atoms with Gasteiger partial charge < -0.3 is 4.74 Å². The predicted octanol–water partition coefficient (Wildman–Crippen LogP) is 3.68. The third kappa shape index (κ3) is 3.10. The van der Waals surface area contributed by atoms with E-state index < -0.39 is 0 Å². The molecule has 1 aromatic carbocycles. The van der Waals surface area contributed by atoms with Crippen LogP contribution in [0, 0.1) is 11.3 Å². The van der Waals surface area contributed by atoms with Crippen molar-refractivity contribution >= 4 is 23.2 Å². The zero-order valence-corrected chi connectivity index (χ0v) is 8.98. The number of nitrogens with zero attached hydrogens (tertiary/aromatic N) is 1. The summed E-state index contributed by atoms with van der Waals surface area (Å²) < 4.78 is 5.35. The van der Waals surface area contributed by atoms with Crippen LogP contribution >= 0.6 is 23.2 Å². The zero-order valence-electron chi connectivity index (χ0n) is 7.46. The summed E-state index contributed by atoms with van der Waals surface area (Å²) in [6, 6.07) is 7.22. The van der Waals surface area contributed by atoms with Crippen LogP contribution in [0.2, 0.25) is 10.0 Å². The molecule has 1 aromatic rings. The Bertz CT molecular complexity index is 326. The molecule has 0 aromatic heterocycles. The summed E-state index contributed by atoms with van der Waals surface area (Å²) in [5, 5.41) is 9.30. The van der Waals surface area contributed by atoms with Gasteiger partial charge in [0, 0.05) is 6.42 Å². The molecular weight excluding hydrogens is 221 g/mol. The number of hydrogen-bond acceptors (Lipinski definition) is 2. The first-order valence-electron chi connectivity index (χ1n) is 4.19. The van der Waals surface area contributed by atoms with E-state index in [0.717, 1.165) is 0 Å². The molecule has 0 atom stereocenters. The van der Waals surface area contributed by atoms with Gasteiger partial charge in [-0.2, -0.15) is 5.26 Å². The van der Waals surface area contributed by atoms with E-state index in [2.05, 4.69) is 0 Å². The van der Waals surface area contributed by atoms with Gasteiger partial charge in [-0.3, -0.25) is 0 Å². The Labute approximate surface area is 93.0 Å². The molecule has 0 aliphatic carbocycles. The smallest absolute Gasteiger partial charge is 0.156 e. The quantitative estimate of drug-likeness (QED) is 0.739. The maximum atomic E-state index is 8.31. The van der Waals surface area contributed by atoms with Gasteiger partial charge in [0.2, 0.25) is 0 Å². The van der Waals surface area contributed by atoms with E-state index in [1.807, 2.05) is 6.07 Å². The molecule has 0 saturated carbocycles. The molecule has 1 rings (SSSR count). The Balaban J connectivity index is 2.54. The second-order valence-electron chi connectivity index (χ2n) is 2.66. The zero-order chi connectivity index (χ0) is 10.4. The molecule has 0 radical (unpaired) electrons. The monoisotopic (exact) mass is 229 g/mol. The molecular formula is C10H9Cl2NO. The van der Waals surface area contributed by atoms with E-state index >= 15 is 0 Å². The van der Waals surface area contributed by atoms with Gasteiger partial charge in [-0.25, -0.2) is 0 Å². The van der Waals surface area contributed by atoms with Crippen molar-refractivity contribution in [2.24, 2.45) is 0 Å². The molecule has 0 bridgehead atoms. The fourth-order valence-electron chi connectivity index (χ4n) is 0.946. The van der Waals surface area contributed by atoms with Crippen LogP contribution in [0.5, 0.6) is 5.75 Å². The van der Waals surface area contributed by atoms with Crippen LogP contribution in [-0.4, -0.2) is 6.61 Å². The number of para-hydroxylation sites is 1. The summed E-state index contributed by atoms with van der Waals surface area (Å²) >= 11 is 11.7. The number of nitriles is 1. The van der Waals surface area contributed by atoms with Gasteiger partial charge in [0.1, 0.15) is 0 Å². The Kier molecular flexibility index (Phi) is 4.58. The normalized spacial score (nSPS) is 9.50. The minimum atomic E-state index is 0.455. The number of rotatable bonds is 4. The van der Waals surface area contributed by atoms with Crippen LogP contribution in [-0.2, 0) is 0 Å². The number of benzene rings is 1. The van der Waals surface area contributed by atoms with Crippen molar-refractivity contribution in [3.8, 4) is 11.8 Å². The number of unbranched alkanes of at least 4 members (excludes halogenated alkanes) is 1. The van der Waals surface area contributed by atoms with Gasteiger partial charge in [0.25, 0.3) is 0 Å². The first-order valence-corrected chi connectivity index (χ1v) is 4.95. The highest BCUT2D eigenvalue weighted by Crippen LogP contribution is 2.32. The Morgan fingerprint density at radius 1 is 1.29 bits per heavy atom. The van der Waals surface area contributed by atoms with Gasteiger partial charge in [-0.05, 0) is 18.6 Å². The summed E-state index contributed by atoms with van der Waals surface area (Å²) in [6.45, 7) is 0.455. The first-order chi connectivity index (χ1) is 6.75. The molecule has 0 aliphatic rings. The van der Waals surface area contributed by atoms with Crippen molar-refractivity contribution in [3.63, 3.8) is 0 Å². The second-order valence-corrected chi connectivity index (χ2v) is 3.48. The molecule has 0 N–H and O–H groups in total. The maximum absolute atomic E-state index is 8.31. The molecule has 0 saturated heterocycles. The molecule has 0 aliphatic heterocycles. The SMILES string of the molecule is N#CCCCOc1c(Cl)cccc1Cl. The predicted molar refractivity (Wildman–Crippen MR) is 56.8 cm³/mol. The fourth-order valence-corrected chi connectivity index (χ4v) is 1.45. The van der Waals surface area contributed by atoms with Gasteiger partial charge in [0.05, 0.1) is 22.7 Å². The van der Waals surface area contributed by atoms with Gasteiger partial charge in [-0.15, -0.1) is 0 Å². The maximum Gasteiger partial charge on any atom is 0.156 e. The lowest BCUT2D eigenvalue weighted by atomic mass is 10.3. The van der Waals surface area contributed by atoms with E-state index in [1.165, 1.54) is 0 Å². The van der Waals surface area contributed by atoms with E-state index in [0.29, 0.717) is 35.2 Å². The Morgan fingerprint density at radius 2 is 1.93 bits per heavy atom. The molecule has 2 nitrogen and oxygen atoms in total. The van der Waals surface area contributed by atoms with Crippen molar-refractivity contribution in [2.45, 2.75) is 12.8 Å². The van der Waals surface area contributed by atoms with Crippen LogP contribution in [0.1, 0.15) is 12.8 Å². The minimum absolute atomic E-state index is 0.455. The lowest BCUT2D eigenvalue weighted by Crippen LogP contribution is -1.97. The lowest BCUT2D eigenvalue weighted by Gasteiger charge is -2.08. The minimum Gasteiger partial charge on any atom is -0.490 e. The third-order valence-corrected chi connectivity index (χ3v) is 2.19. The Morgan fingerprint density at radius 3 is 2.50 bits per heavy atom.